The van der Waals surface area contributed by atoms with Crippen molar-refractivity contribution >= 4 is 15.4 Å². The van der Waals surface area contributed by atoms with Crippen LogP contribution in [0.15, 0.2) is 23.3 Å². The van der Waals surface area contributed by atoms with E-state index < -0.39 is 0 Å². The van der Waals surface area contributed by atoms with E-state index in [2.05, 4.69) is 49.3 Å². The molecule has 0 heterocycles. The number of carbonyl (C=O) groups is 1. The van der Waals surface area contributed by atoms with Crippen molar-refractivity contribution in [3.63, 3.8) is 0 Å². The summed E-state index contributed by atoms with van der Waals surface area (Å²) in [6.07, 6.45) is 16.1. The van der Waals surface area contributed by atoms with E-state index in [1.807, 2.05) is 0 Å². The number of fused-ring (bicyclic) bond motifs is 5. The maximum absolute atomic E-state index is 11.6. The Labute approximate surface area is 174 Å². The topological polar surface area (TPSA) is 26.3 Å². The lowest BCUT2D eigenvalue weighted by molar-refractivity contribution is -0.133. The number of allylic oxidation sites excluding steroid dienone is 4. The van der Waals surface area contributed by atoms with Crippen LogP contribution in [0, 0.1) is 40.4 Å². The first-order chi connectivity index (χ1) is 13.3. The van der Waals surface area contributed by atoms with Gasteiger partial charge in [-0.15, -0.1) is 0 Å². The Morgan fingerprint density at radius 2 is 1.93 bits per heavy atom. The lowest BCUT2D eigenvalue weighted by Crippen LogP contribution is -2.49. The normalized spacial score (nSPS) is 43.2. The Hall–Kier alpha value is -0.620. The average Bonchev–Trinajstić information content (AvgIpc) is 3.03. The van der Waals surface area contributed by atoms with Gasteiger partial charge in [-0.1, -0.05) is 51.0 Å². The lowest BCUT2D eigenvalue weighted by atomic mass is 9.46. The van der Waals surface area contributed by atoms with Crippen LogP contribution < -0.4 is 0 Å². The summed E-state index contributed by atoms with van der Waals surface area (Å²) >= 11 is 0. The van der Waals surface area contributed by atoms with Crippen LogP contribution in [-0.2, 0) is 9.32 Å². The van der Waals surface area contributed by atoms with Crippen molar-refractivity contribution in [3.8, 4) is 0 Å². The highest BCUT2D eigenvalue weighted by Crippen LogP contribution is 2.66. The van der Waals surface area contributed by atoms with Crippen LogP contribution >= 0.6 is 9.47 Å². The first-order valence-electron chi connectivity index (χ1n) is 11.6. The highest BCUT2D eigenvalue weighted by molar-refractivity contribution is 7.10. The number of carbonyl (C=O) groups excluding carboxylic acids is 1. The molecule has 0 amide bonds. The van der Waals surface area contributed by atoms with Crippen molar-refractivity contribution in [3.05, 3.63) is 23.3 Å². The molecule has 8 atom stereocenters. The van der Waals surface area contributed by atoms with Crippen LogP contribution in [0.25, 0.3) is 0 Å². The van der Waals surface area contributed by atoms with Gasteiger partial charge in [0.05, 0.1) is 9.47 Å². The summed E-state index contributed by atoms with van der Waals surface area (Å²) in [4.78, 5) is 11.6. The van der Waals surface area contributed by atoms with Gasteiger partial charge in [-0.3, -0.25) is 4.79 Å². The van der Waals surface area contributed by atoms with E-state index in [4.69, 9.17) is 4.52 Å². The lowest BCUT2D eigenvalue weighted by Gasteiger charge is -2.58. The third kappa shape index (κ3) is 3.23. The molecule has 0 aromatic heterocycles. The molecule has 3 heteroatoms. The van der Waals surface area contributed by atoms with Crippen LogP contribution in [0.5, 0.6) is 0 Å². The van der Waals surface area contributed by atoms with Gasteiger partial charge < -0.3 is 4.52 Å². The SMILES string of the molecule is C[C@@H]1CC[C@@]2(C)C(=CCC3C2CC[C@]2(C)C([C@H](C)CCC(=O)OP)=CCC32)C1. The summed E-state index contributed by atoms with van der Waals surface area (Å²) in [5.41, 5.74) is 4.25. The fourth-order valence-electron chi connectivity index (χ4n) is 7.76. The van der Waals surface area contributed by atoms with Gasteiger partial charge in [-0.25, -0.2) is 0 Å². The van der Waals surface area contributed by atoms with Gasteiger partial charge in [-0.2, -0.15) is 0 Å². The molecule has 4 aliphatic rings. The van der Waals surface area contributed by atoms with E-state index in [-0.39, 0.29) is 5.97 Å². The van der Waals surface area contributed by atoms with Crippen LogP contribution in [0.3, 0.4) is 0 Å². The zero-order chi connectivity index (χ0) is 20.1. The van der Waals surface area contributed by atoms with Gasteiger partial charge in [0.15, 0.2) is 0 Å². The van der Waals surface area contributed by atoms with Gasteiger partial charge in [0.1, 0.15) is 0 Å². The number of hydrogen-bond donors (Lipinski definition) is 0. The first-order valence-corrected chi connectivity index (χ1v) is 12.1. The molecule has 2 fully saturated rings. The van der Waals surface area contributed by atoms with Crippen LogP contribution in [-0.4, -0.2) is 5.97 Å². The fraction of sp³-hybridized carbons (Fsp3) is 0.800. The summed E-state index contributed by atoms with van der Waals surface area (Å²) < 4.78 is 4.79. The third-order valence-electron chi connectivity index (χ3n) is 9.43. The summed E-state index contributed by atoms with van der Waals surface area (Å²) in [5.74, 6) is 3.78. The van der Waals surface area contributed by atoms with Crippen LogP contribution in [0.1, 0.15) is 85.5 Å². The molecule has 2 saturated carbocycles. The molecule has 0 aromatic carbocycles. The maximum atomic E-state index is 11.6. The second-order valence-corrected chi connectivity index (χ2v) is 11.1. The summed E-state index contributed by atoms with van der Waals surface area (Å²) in [6.45, 7) is 9.91. The van der Waals surface area contributed by atoms with E-state index in [1.54, 1.807) is 11.1 Å². The molecule has 0 saturated heterocycles. The van der Waals surface area contributed by atoms with Gasteiger partial charge in [-0.05, 0) is 91.8 Å². The zero-order valence-corrected chi connectivity index (χ0v) is 19.5. The monoisotopic (exact) mass is 402 g/mol. The van der Waals surface area contributed by atoms with Crippen molar-refractivity contribution in [2.45, 2.75) is 85.5 Å². The summed E-state index contributed by atoms with van der Waals surface area (Å²) in [5, 5.41) is 0. The molecule has 4 rings (SSSR count). The smallest absolute Gasteiger partial charge is 0.307 e. The van der Waals surface area contributed by atoms with Crippen LogP contribution in [0.2, 0.25) is 0 Å². The van der Waals surface area contributed by atoms with Crippen molar-refractivity contribution in [1.29, 1.82) is 0 Å². The number of rotatable bonds is 4. The molecule has 0 bridgehead atoms. The second kappa shape index (κ2) is 7.57. The van der Waals surface area contributed by atoms with Gasteiger partial charge in [0.25, 0.3) is 0 Å². The standard InChI is InChI=1S/C25H39O2P/c1-16-11-13-24(3)18(15-16)6-7-19-21-9-8-20(17(2)5-10-23(26)27-28)25(21,4)14-12-22(19)24/h6,8,16-17,19,21-22H,5,7,9-15,28H2,1-4H3/t16-,17-,19?,21?,22?,24+,25-/m1/s1. The first kappa shape index (κ1) is 20.6. The molecule has 0 spiro atoms. The summed E-state index contributed by atoms with van der Waals surface area (Å²) in [7, 11) is 2.09. The minimum atomic E-state index is -0.106. The minimum absolute atomic E-state index is 0.106. The van der Waals surface area contributed by atoms with Crippen molar-refractivity contribution in [2.24, 2.45) is 40.4 Å². The van der Waals surface area contributed by atoms with E-state index in [9.17, 15) is 4.79 Å². The van der Waals surface area contributed by atoms with Gasteiger partial charge >= 0.3 is 5.97 Å². The number of hydrogen-bond acceptors (Lipinski definition) is 2. The van der Waals surface area contributed by atoms with Gasteiger partial charge in [0.2, 0.25) is 0 Å². The summed E-state index contributed by atoms with van der Waals surface area (Å²) in [6, 6.07) is 0. The van der Waals surface area contributed by atoms with E-state index in [0.29, 0.717) is 23.2 Å². The molecular formula is C25H39O2P. The van der Waals surface area contributed by atoms with E-state index in [0.717, 1.165) is 30.1 Å². The molecule has 4 unspecified atom stereocenters. The maximum Gasteiger partial charge on any atom is 0.307 e. The predicted molar refractivity (Wildman–Crippen MR) is 119 cm³/mol. The Kier molecular flexibility index (Phi) is 5.58. The van der Waals surface area contributed by atoms with Crippen LogP contribution in [0.4, 0.5) is 0 Å². The highest BCUT2D eigenvalue weighted by Gasteiger charge is 2.56. The quantitative estimate of drug-likeness (QED) is 0.379. The van der Waals surface area contributed by atoms with Crippen molar-refractivity contribution < 1.29 is 9.32 Å². The molecule has 4 aliphatic carbocycles. The van der Waals surface area contributed by atoms with Crippen molar-refractivity contribution in [2.75, 3.05) is 0 Å². The molecule has 0 radical (unpaired) electrons. The molecule has 28 heavy (non-hydrogen) atoms. The minimum Gasteiger partial charge on any atom is -0.452 e. The second-order valence-electron chi connectivity index (χ2n) is 10.9. The van der Waals surface area contributed by atoms with Crippen molar-refractivity contribution in [1.82, 2.24) is 0 Å². The third-order valence-corrected chi connectivity index (χ3v) is 9.70. The average molecular weight is 403 g/mol. The Balaban J connectivity index is 1.52. The Morgan fingerprint density at radius 1 is 1.18 bits per heavy atom. The molecule has 2 nitrogen and oxygen atoms in total. The Bertz CT molecular complexity index is 695. The zero-order valence-electron chi connectivity index (χ0n) is 18.3. The molecule has 0 aromatic rings. The fourth-order valence-corrected chi connectivity index (χ4v) is 7.87. The molecular weight excluding hydrogens is 363 g/mol. The molecule has 0 aliphatic heterocycles. The Morgan fingerprint density at radius 3 is 2.68 bits per heavy atom. The predicted octanol–water partition coefficient (Wildman–Crippen LogP) is 6.87. The molecule has 0 N–H and O–H groups in total. The van der Waals surface area contributed by atoms with E-state index >= 15 is 0 Å². The van der Waals surface area contributed by atoms with E-state index in [1.165, 1.54) is 44.9 Å². The highest BCUT2D eigenvalue weighted by atomic mass is 31.0. The van der Waals surface area contributed by atoms with Gasteiger partial charge in [0, 0.05) is 6.42 Å². The molecule has 156 valence electrons. The largest absolute Gasteiger partial charge is 0.452 e.